The number of likely N-dealkylation sites (N-methyl/N-ethyl adjacent to an activating group) is 1. The number of amides is 2. The number of hydrogen-bond donors (Lipinski definition) is 2. The van der Waals surface area contributed by atoms with Crippen molar-refractivity contribution in [2.45, 2.75) is 51.1 Å². The number of nitrogens with zero attached hydrogens (tertiary/aromatic N) is 6. The largest absolute Gasteiger partial charge is 0.417 e. The second-order valence-corrected chi connectivity index (χ2v) is 9.73. The minimum Gasteiger partial charge on any atom is -0.394 e. The van der Waals surface area contributed by atoms with Gasteiger partial charge >= 0.3 is 6.18 Å². The Balaban J connectivity index is 1.73. The van der Waals surface area contributed by atoms with Crippen LogP contribution in [-0.2, 0) is 28.7 Å². The van der Waals surface area contributed by atoms with E-state index in [1.54, 1.807) is 48.8 Å². The zero-order valence-corrected chi connectivity index (χ0v) is 22.1. The Kier molecular flexibility index (Phi) is 9.41. The summed E-state index contributed by atoms with van der Waals surface area (Å²) in [5.74, 6) is -0.749. The van der Waals surface area contributed by atoms with E-state index >= 15 is 0 Å². The van der Waals surface area contributed by atoms with E-state index in [2.05, 4.69) is 10.3 Å². The van der Waals surface area contributed by atoms with Crippen molar-refractivity contribution in [1.82, 2.24) is 19.9 Å². The number of carbonyl (C=O) groups is 2. The Bertz CT molecular complexity index is 1380. The third kappa shape index (κ3) is 6.90. The number of carbonyl (C=O) groups excluding carboxylic acids is 2. The second-order valence-electron chi connectivity index (χ2n) is 9.73. The normalized spacial score (nSPS) is 12.7. The van der Waals surface area contributed by atoms with Crippen LogP contribution >= 0.6 is 0 Å². The third-order valence-corrected chi connectivity index (χ3v) is 6.61. The number of aromatic nitrogens is 3. The number of hydrogen-bond acceptors (Lipinski definition) is 8. The maximum atomic E-state index is 13.4. The highest BCUT2D eigenvalue weighted by Gasteiger charge is 2.39. The fourth-order valence-corrected chi connectivity index (χ4v) is 3.87. The average molecular weight is 559 g/mol. The molecule has 40 heavy (non-hydrogen) atoms. The Hall–Kier alpha value is -4.12. The number of aliphatic hydroxyl groups excluding tert-OH is 2. The molecule has 0 aliphatic carbocycles. The van der Waals surface area contributed by atoms with Gasteiger partial charge in [-0.05, 0) is 69.6 Å². The summed E-state index contributed by atoms with van der Waals surface area (Å²) in [7, 11) is 1.65. The van der Waals surface area contributed by atoms with Crippen molar-refractivity contribution in [3.63, 3.8) is 0 Å². The summed E-state index contributed by atoms with van der Waals surface area (Å²) in [6, 6.07) is 11.4. The van der Waals surface area contributed by atoms with Crippen molar-refractivity contribution in [2.75, 3.05) is 18.6 Å². The van der Waals surface area contributed by atoms with Crippen LogP contribution in [0.1, 0.15) is 42.7 Å². The van der Waals surface area contributed by atoms with Crippen LogP contribution in [0, 0.1) is 11.3 Å². The van der Waals surface area contributed by atoms with E-state index in [0.717, 1.165) is 23.4 Å². The van der Waals surface area contributed by atoms with Crippen molar-refractivity contribution in [3.8, 4) is 11.8 Å². The van der Waals surface area contributed by atoms with Gasteiger partial charge in [-0.1, -0.05) is 17.3 Å². The van der Waals surface area contributed by atoms with Gasteiger partial charge < -0.3 is 10.2 Å². The molecule has 3 rings (SSSR count). The summed E-state index contributed by atoms with van der Waals surface area (Å²) < 4.78 is 41.8. The van der Waals surface area contributed by atoms with Gasteiger partial charge in [0.1, 0.15) is 0 Å². The van der Waals surface area contributed by atoms with E-state index in [1.165, 1.54) is 6.07 Å². The number of aryl methyl sites for hydroxylation is 1. The van der Waals surface area contributed by atoms with Crippen molar-refractivity contribution >= 4 is 18.0 Å². The Morgan fingerprint density at radius 2 is 1.88 bits per heavy atom. The van der Waals surface area contributed by atoms with Gasteiger partial charge in [-0.25, -0.2) is 4.68 Å². The molecule has 0 saturated heterocycles. The quantitative estimate of drug-likeness (QED) is 0.343. The van der Waals surface area contributed by atoms with Gasteiger partial charge in [-0.2, -0.15) is 18.4 Å². The first kappa shape index (κ1) is 30.4. The lowest BCUT2D eigenvalue weighted by Crippen LogP contribution is -2.54. The molecule has 3 aromatic rings. The highest BCUT2D eigenvalue weighted by molar-refractivity contribution is 6.11. The maximum Gasteiger partial charge on any atom is 0.417 e. The van der Waals surface area contributed by atoms with E-state index in [9.17, 15) is 27.9 Å². The van der Waals surface area contributed by atoms with Crippen LogP contribution in [-0.4, -0.2) is 67.7 Å². The van der Waals surface area contributed by atoms with Gasteiger partial charge in [-0.3, -0.25) is 19.4 Å². The number of benzene rings is 2. The number of nitriles is 1. The van der Waals surface area contributed by atoms with Gasteiger partial charge in [0.05, 0.1) is 58.7 Å². The molecule has 2 aromatic carbocycles. The fraction of sp³-hybridized carbons (Fsp3) is 0.370. The molecule has 1 atom stereocenters. The van der Waals surface area contributed by atoms with E-state index < -0.39 is 34.9 Å². The van der Waals surface area contributed by atoms with Gasteiger partial charge in [-0.15, -0.1) is 5.10 Å². The molecule has 10 nitrogen and oxygen atoms in total. The number of imide groups is 1. The van der Waals surface area contributed by atoms with Gasteiger partial charge in [0.25, 0.3) is 5.91 Å². The smallest absolute Gasteiger partial charge is 0.394 e. The molecule has 1 heterocycles. The van der Waals surface area contributed by atoms with Crippen LogP contribution in [0.4, 0.5) is 18.9 Å². The minimum atomic E-state index is -4.84. The number of alkyl halides is 3. The zero-order chi connectivity index (χ0) is 29.7. The SMILES string of the molecule is CN(Cc1ccc(-n2cc(CCC(O)CO)nn2)cc1)C(C)(C)C(=O)N(C=O)c1ccc(C#N)c(C(F)(F)F)c1. The lowest BCUT2D eigenvalue weighted by Gasteiger charge is -2.36. The standard InChI is InChI=1S/C27H29F3N6O4/c1-26(2,25(40)35(17-38)22-10-6-19(13-31)24(12-22)27(28,29)30)34(3)14-18-4-8-21(9-5-18)36-15-20(32-33-36)7-11-23(39)16-37/h4-6,8-10,12,15,17,23,37,39H,7,11,14,16H2,1-3H3. The molecule has 0 aliphatic rings. The molecule has 0 radical (unpaired) electrons. The lowest BCUT2D eigenvalue weighted by atomic mass is 9.99. The third-order valence-electron chi connectivity index (χ3n) is 6.61. The van der Waals surface area contributed by atoms with Crippen molar-refractivity contribution < 1.29 is 33.0 Å². The van der Waals surface area contributed by atoms with Gasteiger partial charge in [0, 0.05) is 6.54 Å². The monoisotopic (exact) mass is 558 g/mol. The highest BCUT2D eigenvalue weighted by atomic mass is 19.4. The second kappa shape index (κ2) is 12.4. The topological polar surface area (TPSA) is 136 Å². The van der Waals surface area contributed by atoms with Crippen LogP contribution in [0.25, 0.3) is 5.69 Å². The first-order valence-corrected chi connectivity index (χ1v) is 12.2. The summed E-state index contributed by atoms with van der Waals surface area (Å²) >= 11 is 0. The van der Waals surface area contributed by atoms with Crippen molar-refractivity contribution in [3.05, 3.63) is 71.0 Å². The van der Waals surface area contributed by atoms with Gasteiger partial charge in [0.15, 0.2) is 0 Å². The summed E-state index contributed by atoms with van der Waals surface area (Å²) in [6.07, 6.45) is -2.98. The van der Waals surface area contributed by atoms with E-state index in [-0.39, 0.29) is 25.2 Å². The molecule has 1 unspecified atom stereocenters. The Labute approximate surface area is 228 Å². The van der Waals surface area contributed by atoms with E-state index in [1.807, 2.05) is 12.1 Å². The van der Waals surface area contributed by atoms with Gasteiger partial charge in [0.2, 0.25) is 6.41 Å². The number of halogens is 3. The van der Waals surface area contributed by atoms with Crippen molar-refractivity contribution in [1.29, 1.82) is 5.26 Å². The molecular formula is C27H29F3N6O4. The lowest BCUT2D eigenvalue weighted by molar-refractivity contribution is -0.138. The minimum absolute atomic E-state index is 0.158. The maximum absolute atomic E-state index is 13.4. The van der Waals surface area contributed by atoms with Crippen LogP contribution in [0.15, 0.2) is 48.7 Å². The molecule has 2 amide bonds. The molecule has 2 N–H and O–H groups in total. The zero-order valence-electron chi connectivity index (χ0n) is 22.1. The van der Waals surface area contributed by atoms with Crippen molar-refractivity contribution in [2.24, 2.45) is 0 Å². The van der Waals surface area contributed by atoms with E-state index in [0.29, 0.717) is 29.5 Å². The average Bonchev–Trinajstić information content (AvgIpc) is 3.41. The molecule has 0 spiro atoms. The Morgan fingerprint density at radius 3 is 2.45 bits per heavy atom. The fourth-order valence-electron chi connectivity index (χ4n) is 3.87. The molecule has 0 fully saturated rings. The predicted molar refractivity (Wildman–Crippen MR) is 138 cm³/mol. The van der Waals surface area contributed by atoms with E-state index in [4.69, 9.17) is 10.4 Å². The van der Waals surface area contributed by atoms with Crippen LogP contribution < -0.4 is 4.90 Å². The molecule has 13 heteroatoms. The number of rotatable bonds is 11. The molecule has 1 aromatic heterocycles. The molecule has 212 valence electrons. The number of anilines is 1. The highest BCUT2D eigenvalue weighted by Crippen LogP contribution is 2.35. The van der Waals surface area contributed by atoms with Crippen LogP contribution in [0.2, 0.25) is 0 Å². The summed E-state index contributed by atoms with van der Waals surface area (Å²) in [6.45, 7) is 3.06. The van der Waals surface area contributed by atoms with Crippen LogP contribution in [0.3, 0.4) is 0 Å². The molecule has 0 saturated carbocycles. The molecule has 0 aliphatic heterocycles. The molecular weight excluding hydrogens is 529 g/mol. The molecule has 0 bridgehead atoms. The summed E-state index contributed by atoms with van der Waals surface area (Å²) in [5, 5.41) is 35.6. The Morgan fingerprint density at radius 1 is 1.20 bits per heavy atom. The van der Waals surface area contributed by atoms with Crippen LogP contribution in [0.5, 0.6) is 0 Å². The summed E-state index contributed by atoms with van der Waals surface area (Å²) in [5.41, 5.74) is -1.26. The first-order valence-electron chi connectivity index (χ1n) is 12.2. The summed E-state index contributed by atoms with van der Waals surface area (Å²) in [4.78, 5) is 27.5. The number of aliphatic hydroxyl groups is 2. The first-order chi connectivity index (χ1) is 18.8. The predicted octanol–water partition coefficient (Wildman–Crippen LogP) is 2.84.